The van der Waals surface area contributed by atoms with Crippen molar-refractivity contribution in [3.63, 3.8) is 0 Å². The van der Waals surface area contributed by atoms with Gasteiger partial charge in [-0.05, 0) is 6.08 Å². The number of allylic oxidation sites excluding steroid dienone is 2. The van der Waals surface area contributed by atoms with Crippen molar-refractivity contribution in [2.75, 3.05) is 6.67 Å². The smallest absolute Gasteiger partial charge is 0.166 e. The monoisotopic (exact) mass is 110 g/mol. The molecule has 0 saturated carbocycles. The van der Waals surface area contributed by atoms with E-state index in [0.29, 0.717) is 12.4 Å². The molecular formula is C5H6N2O. The van der Waals surface area contributed by atoms with Crippen LogP contribution in [0.3, 0.4) is 0 Å². The zero-order valence-corrected chi connectivity index (χ0v) is 4.29. The van der Waals surface area contributed by atoms with Crippen LogP contribution in [0.1, 0.15) is 0 Å². The Balaban J connectivity index is 2.63. The molecular weight excluding hydrogens is 104 g/mol. The Morgan fingerprint density at radius 3 is 3.12 bits per heavy atom. The van der Waals surface area contributed by atoms with E-state index in [9.17, 15) is 4.79 Å². The van der Waals surface area contributed by atoms with Crippen LogP contribution in [0.5, 0.6) is 0 Å². The minimum atomic E-state index is 0.518. The Morgan fingerprint density at radius 1 is 1.88 bits per heavy atom. The van der Waals surface area contributed by atoms with Gasteiger partial charge in [-0.25, -0.2) is 0 Å². The molecule has 0 radical (unpaired) electrons. The number of carbonyl (C=O) groups excluding carboxylic acids is 1. The molecule has 1 aliphatic rings. The second-order valence-corrected chi connectivity index (χ2v) is 1.41. The fraction of sp³-hybridized carbons (Fsp3) is 0.200. The van der Waals surface area contributed by atoms with Crippen LogP contribution in [-0.4, -0.2) is 19.2 Å². The summed E-state index contributed by atoms with van der Waals surface area (Å²) in [5, 5.41) is 2.76. The zero-order chi connectivity index (χ0) is 5.82. The normalized spacial score (nSPS) is 16.8. The molecule has 0 aromatic rings. The first kappa shape index (κ1) is 5.03. The van der Waals surface area contributed by atoms with E-state index >= 15 is 0 Å². The van der Waals surface area contributed by atoms with Crippen molar-refractivity contribution in [2.45, 2.75) is 0 Å². The van der Waals surface area contributed by atoms with Gasteiger partial charge in [0.2, 0.25) is 0 Å². The molecule has 1 aliphatic heterocycles. The molecule has 1 heterocycles. The molecule has 42 valence electrons. The maximum absolute atomic E-state index is 9.97. The summed E-state index contributed by atoms with van der Waals surface area (Å²) in [7, 11) is 0. The fourth-order valence-electron chi connectivity index (χ4n) is 0.463. The third-order valence-corrected chi connectivity index (χ3v) is 0.861. The summed E-state index contributed by atoms with van der Waals surface area (Å²) in [6, 6.07) is 0. The second kappa shape index (κ2) is 2.26. The van der Waals surface area contributed by atoms with Crippen LogP contribution >= 0.6 is 0 Å². The molecule has 0 bridgehead atoms. The van der Waals surface area contributed by atoms with Crippen LogP contribution in [-0.2, 0) is 4.79 Å². The van der Waals surface area contributed by atoms with Crippen LogP contribution in [0.25, 0.3) is 0 Å². The van der Waals surface area contributed by atoms with E-state index in [1.807, 2.05) is 0 Å². The summed E-state index contributed by atoms with van der Waals surface area (Å²) >= 11 is 0. The number of rotatable bonds is 1. The van der Waals surface area contributed by atoms with E-state index in [2.05, 4.69) is 10.3 Å². The summed E-state index contributed by atoms with van der Waals surface area (Å²) in [6.45, 7) is 0.518. The molecule has 3 nitrogen and oxygen atoms in total. The van der Waals surface area contributed by atoms with E-state index < -0.39 is 0 Å². The van der Waals surface area contributed by atoms with Gasteiger partial charge in [-0.15, -0.1) is 0 Å². The zero-order valence-electron chi connectivity index (χ0n) is 4.29. The lowest BCUT2D eigenvalue weighted by atomic mass is 10.4. The van der Waals surface area contributed by atoms with Crippen LogP contribution in [0.15, 0.2) is 16.8 Å². The maximum atomic E-state index is 9.97. The lowest BCUT2D eigenvalue weighted by Crippen LogP contribution is -2.17. The Bertz CT molecular complexity index is 149. The van der Waals surface area contributed by atoms with Gasteiger partial charge in [0.05, 0.1) is 5.70 Å². The van der Waals surface area contributed by atoms with Gasteiger partial charge in [0.1, 0.15) is 6.67 Å². The first-order valence-electron chi connectivity index (χ1n) is 2.32. The third kappa shape index (κ3) is 0.932. The summed E-state index contributed by atoms with van der Waals surface area (Å²) in [6.07, 6.45) is 4.02. The molecule has 1 N–H and O–H groups in total. The quantitative estimate of drug-likeness (QED) is 0.471. The van der Waals surface area contributed by atoms with Crippen molar-refractivity contribution in [1.29, 1.82) is 0 Å². The number of hydrogen-bond donors (Lipinski definition) is 1. The highest BCUT2D eigenvalue weighted by molar-refractivity contribution is 5.84. The van der Waals surface area contributed by atoms with Crippen molar-refractivity contribution >= 4 is 12.5 Å². The van der Waals surface area contributed by atoms with E-state index in [-0.39, 0.29) is 0 Å². The SMILES string of the molecule is O=CC1=CC=NCN1. The molecule has 0 aromatic carbocycles. The number of hydrogen-bond acceptors (Lipinski definition) is 3. The van der Waals surface area contributed by atoms with Crippen molar-refractivity contribution in [2.24, 2.45) is 4.99 Å². The largest absolute Gasteiger partial charge is 0.364 e. The summed E-state index contributed by atoms with van der Waals surface area (Å²) in [5.41, 5.74) is 0.597. The van der Waals surface area contributed by atoms with Gasteiger partial charge < -0.3 is 5.32 Å². The van der Waals surface area contributed by atoms with Crippen molar-refractivity contribution in [1.82, 2.24) is 5.32 Å². The molecule has 8 heavy (non-hydrogen) atoms. The van der Waals surface area contributed by atoms with Gasteiger partial charge in [0, 0.05) is 6.21 Å². The molecule has 0 saturated heterocycles. The van der Waals surface area contributed by atoms with Gasteiger partial charge >= 0.3 is 0 Å². The van der Waals surface area contributed by atoms with Gasteiger partial charge in [-0.1, -0.05) is 0 Å². The highest BCUT2D eigenvalue weighted by Crippen LogP contribution is 1.85. The molecule has 0 amide bonds. The Morgan fingerprint density at radius 2 is 2.75 bits per heavy atom. The average molecular weight is 110 g/mol. The Kier molecular flexibility index (Phi) is 1.42. The molecule has 0 aliphatic carbocycles. The van der Waals surface area contributed by atoms with Crippen LogP contribution < -0.4 is 5.32 Å². The molecule has 0 atom stereocenters. The van der Waals surface area contributed by atoms with Crippen molar-refractivity contribution in [3.05, 3.63) is 11.8 Å². The van der Waals surface area contributed by atoms with Crippen LogP contribution in [0.4, 0.5) is 0 Å². The molecule has 0 aromatic heterocycles. The number of nitrogens with one attached hydrogen (secondary N) is 1. The second-order valence-electron chi connectivity index (χ2n) is 1.41. The lowest BCUT2D eigenvalue weighted by molar-refractivity contribution is -0.105. The van der Waals surface area contributed by atoms with Crippen LogP contribution in [0.2, 0.25) is 0 Å². The predicted octanol–water partition coefficient (Wildman–Crippen LogP) is -0.299. The Hall–Kier alpha value is -1.12. The first-order chi connectivity index (χ1) is 3.93. The minimum Gasteiger partial charge on any atom is -0.364 e. The molecule has 0 unspecified atom stereocenters. The number of nitrogens with zero attached hydrogens (tertiary/aromatic N) is 1. The third-order valence-electron chi connectivity index (χ3n) is 0.861. The van der Waals surface area contributed by atoms with Crippen LogP contribution in [0, 0.1) is 0 Å². The highest BCUT2D eigenvalue weighted by Gasteiger charge is 1.92. The molecule has 1 rings (SSSR count). The van der Waals surface area contributed by atoms with E-state index in [1.54, 1.807) is 12.3 Å². The topological polar surface area (TPSA) is 41.5 Å². The minimum absolute atomic E-state index is 0.518. The first-order valence-corrected chi connectivity index (χ1v) is 2.32. The number of aliphatic imine (C=N–C) groups is 1. The number of carbonyl (C=O) groups is 1. The maximum Gasteiger partial charge on any atom is 0.166 e. The highest BCUT2D eigenvalue weighted by atomic mass is 16.1. The van der Waals surface area contributed by atoms with Gasteiger partial charge in [0.15, 0.2) is 6.29 Å². The fourth-order valence-corrected chi connectivity index (χ4v) is 0.463. The lowest BCUT2D eigenvalue weighted by Gasteiger charge is -2.02. The molecule has 0 fully saturated rings. The molecule has 3 heteroatoms. The average Bonchev–Trinajstić information content (AvgIpc) is 1.90. The van der Waals surface area contributed by atoms with Gasteiger partial charge in [-0.2, -0.15) is 0 Å². The molecule has 0 spiro atoms. The van der Waals surface area contributed by atoms with E-state index in [1.165, 1.54) is 0 Å². The summed E-state index contributed by atoms with van der Waals surface area (Å²) in [4.78, 5) is 13.8. The summed E-state index contributed by atoms with van der Waals surface area (Å²) in [5.74, 6) is 0. The van der Waals surface area contributed by atoms with E-state index in [4.69, 9.17) is 0 Å². The van der Waals surface area contributed by atoms with E-state index in [0.717, 1.165) is 6.29 Å². The standard InChI is InChI=1S/C5H6N2O/c8-3-5-1-2-6-4-7-5/h1-3,7H,4H2. The predicted molar refractivity (Wildman–Crippen MR) is 30.6 cm³/mol. The van der Waals surface area contributed by atoms with Crippen molar-refractivity contribution in [3.8, 4) is 0 Å². The van der Waals surface area contributed by atoms with Crippen molar-refractivity contribution < 1.29 is 4.79 Å². The van der Waals surface area contributed by atoms with Gasteiger partial charge in [0.25, 0.3) is 0 Å². The summed E-state index contributed by atoms with van der Waals surface area (Å²) < 4.78 is 0. The van der Waals surface area contributed by atoms with Gasteiger partial charge in [-0.3, -0.25) is 9.79 Å². The Labute approximate surface area is 47.1 Å². The number of aldehydes is 1.